The number of hydrogen-bond donors (Lipinski definition) is 1. The Labute approximate surface area is 128 Å². The van der Waals surface area contributed by atoms with Crippen LogP contribution in [0.25, 0.3) is 0 Å². The number of nitrogens with one attached hydrogen (secondary N) is 1. The van der Waals surface area contributed by atoms with Crippen LogP contribution in [0.5, 0.6) is 0 Å². The molecule has 5 heteroatoms. The lowest BCUT2D eigenvalue weighted by atomic mass is 10.1. The topological polar surface area (TPSA) is 33.1 Å². The number of rotatable bonds is 5. The maximum atomic E-state index is 4.42. The number of benzene rings is 1. The molecule has 1 aromatic carbocycles. The second-order valence-corrected chi connectivity index (χ2v) is 6.07. The van der Waals surface area contributed by atoms with Gasteiger partial charge >= 0.3 is 0 Å². The van der Waals surface area contributed by atoms with Gasteiger partial charge in [0.25, 0.3) is 0 Å². The monoisotopic (exact) mass is 336 g/mol. The summed E-state index contributed by atoms with van der Waals surface area (Å²) in [5.74, 6) is 0.970. The summed E-state index contributed by atoms with van der Waals surface area (Å²) in [6.07, 6.45) is 1.93. The highest BCUT2D eigenvalue weighted by molar-refractivity contribution is 9.10. The molecule has 0 fully saturated rings. The van der Waals surface area contributed by atoms with Gasteiger partial charge in [0.15, 0.2) is 0 Å². The second-order valence-electron chi connectivity index (χ2n) is 5.16. The van der Waals surface area contributed by atoms with Gasteiger partial charge in [0.2, 0.25) is 5.95 Å². The number of hydrogen-bond acceptors (Lipinski definition) is 3. The van der Waals surface area contributed by atoms with Crippen LogP contribution in [0.1, 0.15) is 24.2 Å². The van der Waals surface area contributed by atoms with E-state index >= 15 is 0 Å². The minimum Gasteiger partial charge on any atom is -0.348 e. The van der Waals surface area contributed by atoms with Crippen molar-refractivity contribution >= 4 is 21.9 Å². The number of halogens is 1. The zero-order valence-corrected chi connectivity index (χ0v) is 14.0. The van der Waals surface area contributed by atoms with Gasteiger partial charge in [0, 0.05) is 38.2 Å². The van der Waals surface area contributed by atoms with Crippen LogP contribution in [0.4, 0.5) is 5.95 Å². The quantitative estimate of drug-likeness (QED) is 0.910. The summed E-state index contributed by atoms with van der Waals surface area (Å²) >= 11 is 3.46. The maximum Gasteiger partial charge on any atom is 0.204 e. The van der Waals surface area contributed by atoms with Crippen molar-refractivity contribution in [1.29, 1.82) is 0 Å². The molecule has 0 amide bonds. The lowest BCUT2D eigenvalue weighted by molar-refractivity contribution is 0.558. The van der Waals surface area contributed by atoms with Crippen LogP contribution in [-0.4, -0.2) is 23.6 Å². The molecular formula is C15H21BrN4. The van der Waals surface area contributed by atoms with Crippen LogP contribution in [0.3, 0.4) is 0 Å². The van der Waals surface area contributed by atoms with Crippen molar-refractivity contribution in [2.75, 3.05) is 19.0 Å². The summed E-state index contributed by atoms with van der Waals surface area (Å²) in [5.41, 5.74) is 2.46. The predicted molar refractivity (Wildman–Crippen MR) is 86.9 cm³/mol. The van der Waals surface area contributed by atoms with Crippen molar-refractivity contribution in [2.45, 2.75) is 19.5 Å². The lowest BCUT2D eigenvalue weighted by Crippen LogP contribution is -2.20. The van der Waals surface area contributed by atoms with Crippen molar-refractivity contribution in [3.63, 3.8) is 0 Å². The number of aromatic nitrogens is 2. The van der Waals surface area contributed by atoms with Crippen LogP contribution in [-0.2, 0) is 13.6 Å². The number of nitrogens with zero attached hydrogens (tertiary/aromatic N) is 3. The number of imidazole rings is 1. The average Bonchev–Trinajstić information content (AvgIpc) is 2.78. The smallest absolute Gasteiger partial charge is 0.204 e. The molecule has 0 aliphatic carbocycles. The summed E-state index contributed by atoms with van der Waals surface area (Å²) in [4.78, 5) is 6.44. The molecule has 1 atom stereocenters. The highest BCUT2D eigenvalue weighted by Crippen LogP contribution is 2.17. The molecule has 20 heavy (non-hydrogen) atoms. The molecule has 2 aromatic rings. The van der Waals surface area contributed by atoms with E-state index in [1.807, 2.05) is 32.2 Å². The van der Waals surface area contributed by atoms with Crippen molar-refractivity contribution in [2.24, 2.45) is 7.05 Å². The van der Waals surface area contributed by atoms with Gasteiger partial charge in [-0.15, -0.1) is 0 Å². The molecule has 0 spiro atoms. The predicted octanol–water partition coefficient (Wildman–Crippen LogP) is 3.10. The summed E-state index contributed by atoms with van der Waals surface area (Å²) in [5, 5.41) is 3.53. The van der Waals surface area contributed by atoms with E-state index in [1.54, 1.807) is 0 Å². The molecule has 4 nitrogen and oxygen atoms in total. The van der Waals surface area contributed by atoms with E-state index in [2.05, 4.69) is 62.0 Å². The van der Waals surface area contributed by atoms with Crippen molar-refractivity contribution in [1.82, 2.24) is 14.9 Å². The highest BCUT2D eigenvalue weighted by atomic mass is 79.9. The van der Waals surface area contributed by atoms with Gasteiger partial charge in [-0.3, -0.25) is 0 Å². The SMILES string of the molecule is CC(NCc1cnc(N(C)C)n1C)c1ccc(Br)cc1. The third kappa shape index (κ3) is 3.41. The molecule has 1 aromatic heterocycles. The van der Waals surface area contributed by atoms with Crippen LogP contribution in [0.15, 0.2) is 34.9 Å². The third-order valence-corrected chi connectivity index (χ3v) is 3.95. The van der Waals surface area contributed by atoms with Crippen LogP contribution < -0.4 is 10.2 Å². The fourth-order valence-electron chi connectivity index (χ4n) is 2.14. The van der Waals surface area contributed by atoms with Crippen molar-refractivity contribution in [3.05, 3.63) is 46.2 Å². The summed E-state index contributed by atoms with van der Waals surface area (Å²) in [6.45, 7) is 2.97. The van der Waals surface area contributed by atoms with Gasteiger partial charge in [-0.1, -0.05) is 28.1 Å². The van der Waals surface area contributed by atoms with E-state index in [1.165, 1.54) is 11.3 Å². The molecule has 108 valence electrons. The molecule has 0 radical (unpaired) electrons. The van der Waals surface area contributed by atoms with E-state index in [0.29, 0.717) is 6.04 Å². The molecule has 1 unspecified atom stereocenters. The Hall–Kier alpha value is -1.33. The van der Waals surface area contributed by atoms with Crippen molar-refractivity contribution in [3.8, 4) is 0 Å². The minimum absolute atomic E-state index is 0.306. The number of anilines is 1. The summed E-state index contributed by atoms with van der Waals surface area (Å²) in [6, 6.07) is 8.72. The van der Waals surface area contributed by atoms with Crippen LogP contribution in [0.2, 0.25) is 0 Å². The van der Waals surface area contributed by atoms with Gasteiger partial charge in [0.05, 0.1) is 11.9 Å². The molecule has 0 bridgehead atoms. The second kappa shape index (κ2) is 6.41. The summed E-state index contributed by atoms with van der Waals surface area (Å²) < 4.78 is 3.22. The normalized spacial score (nSPS) is 12.4. The van der Waals surface area contributed by atoms with Crippen LogP contribution >= 0.6 is 15.9 Å². The van der Waals surface area contributed by atoms with Crippen molar-refractivity contribution < 1.29 is 0 Å². The van der Waals surface area contributed by atoms with E-state index in [-0.39, 0.29) is 0 Å². The zero-order chi connectivity index (χ0) is 14.7. The minimum atomic E-state index is 0.306. The molecule has 1 N–H and O–H groups in total. The van der Waals surface area contributed by atoms with E-state index in [0.717, 1.165) is 17.0 Å². The Balaban J connectivity index is 2.00. The Morgan fingerprint density at radius 2 is 1.95 bits per heavy atom. The van der Waals surface area contributed by atoms with Gasteiger partial charge in [-0.2, -0.15) is 0 Å². The molecule has 0 aliphatic rings. The zero-order valence-electron chi connectivity index (χ0n) is 12.4. The van der Waals surface area contributed by atoms with E-state index < -0.39 is 0 Å². The Morgan fingerprint density at radius 3 is 2.50 bits per heavy atom. The molecule has 0 aliphatic heterocycles. The molecule has 1 heterocycles. The fraction of sp³-hybridized carbons (Fsp3) is 0.400. The summed E-state index contributed by atoms with van der Waals surface area (Å²) in [7, 11) is 6.05. The fourth-order valence-corrected chi connectivity index (χ4v) is 2.40. The first kappa shape index (κ1) is 15.1. The largest absolute Gasteiger partial charge is 0.348 e. The van der Waals surface area contributed by atoms with Gasteiger partial charge in [-0.05, 0) is 24.6 Å². The molecule has 0 saturated carbocycles. The molecule has 2 rings (SSSR count). The standard InChI is InChI=1S/C15H21BrN4/c1-11(12-5-7-13(16)8-6-12)17-9-14-10-18-15(19(2)3)20(14)4/h5-8,10-11,17H,9H2,1-4H3. The van der Waals surface area contributed by atoms with Gasteiger partial charge in [-0.25, -0.2) is 4.98 Å². The first-order valence-electron chi connectivity index (χ1n) is 6.66. The van der Waals surface area contributed by atoms with Gasteiger partial charge < -0.3 is 14.8 Å². The molecule has 0 saturated heterocycles. The maximum absolute atomic E-state index is 4.42. The molecular weight excluding hydrogens is 316 g/mol. The Kier molecular flexibility index (Phi) is 4.83. The Morgan fingerprint density at radius 1 is 1.30 bits per heavy atom. The third-order valence-electron chi connectivity index (χ3n) is 3.42. The first-order valence-corrected chi connectivity index (χ1v) is 7.45. The van der Waals surface area contributed by atoms with E-state index in [9.17, 15) is 0 Å². The Bertz CT molecular complexity index is 560. The lowest BCUT2D eigenvalue weighted by Gasteiger charge is -2.16. The first-order chi connectivity index (χ1) is 9.49. The van der Waals surface area contributed by atoms with Gasteiger partial charge in [0.1, 0.15) is 0 Å². The highest BCUT2D eigenvalue weighted by Gasteiger charge is 2.10. The van der Waals surface area contributed by atoms with E-state index in [4.69, 9.17) is 0 Å². The average molecular weight is 337 g/mol. The van der Waals surface area contributed by atoms with Crippen LogP contribution in [0, 0.1) is 0 Å².